The van der Waals surface area contributed by atoms with E-state index in [0.717, 1.165) is 6.07 Å². The molecule has 2 aromatic carbocycles. The maximum atomic E-state index is 13.5. The van der Waals surface area contributed by atoms with Crippen LogP contribution in [0.25, 0.3) is 0 Å². The molecule has 0 bridgehead atoms. The summed E-state index contributed by atoms with van der Waals surface area (Å²) in [7, 11) is 1.36. The molecule has 0 aromatic heterocycles. The second-order valence-electron chi connectivity index (χ2n) is 3.97. The molecule has 0 saturated carbocycles. The molecular formula is C14H11ClF2O2. The molecule has 19 heavy (non-hydrogen) atoms. The van der Waals surface area contributed by atoms with Crippen LogP contribution < -0.4 is 4.74 Å². The Morgan fingerprint density at radius 1 is 1.05 bits per heavy atom. The highest BCUT2D eigenvalue weighted by Gasteiger charge is 2.14. The number of hydrogen-bond acceptors (Lipinski definition) is 2. The van der Waals surface area contributed by atoms with Crippen LogP contribution >= 0.6 is 11.6 Å². The van der Waals surface area contributed by atoms with Gasteiger partial charge in [0.15, 0.2) is 11.6 Å². The Bertz CT molecular complexity index is 602. The normalized spacial score (nSPS) is 12.3. The summed E-state index contributed by atoms with van der Waals surface area (Å²) in [5, 5.41) is 10.0. The smallest absolute Gasteiger partial charge is 0.165 e. The lowest BCUT2D eigenvalue weighted by Crippen LogP contribution is -2.01. The number of aliphatic hydroxyl groups is 1. The van der Waals surface area contributed by atoms with Gasteiger partial charge in [-0.1, -0.05) is 23.7 Å². The van der Waals surface area contributed by atoms with Gasteiger partial charge in [0, 0.05) is 0 Å². The standard InChI is InChI=1S/C14H11ClF2O2/c1-19-13-5-3-9(7-12(13)17)14(18)8-2-4-11(16)10(15)6-8/h2-7,14,18H,1H3. The first-order valence-electron chi connectivity index (χ1n) is 5.49. The fourth-order valence-electron chi connectivity index (χ4n) is 1.73. The molecule has 0 heterocycles. The van der Waals surface area contributed by atoms with Crippen LogP contribution in [0.15, 0.2) is 36.4 Å². The third-order valence-electron chi connectivity index (χ3n) is 2.75. The summed E-state index contributed by atoms with van der Waals surface area (Å²) in [4.78, 5) is 0. The van der Waals surface area contributed by atoms with E-state index in [1.165, 1.54) is 37.4 Å². The lowest BCUT2D eigenvalue weighted by molar-refractivity contribution is 0.219. The van der Waals surface area contributed by atoms with Gasteiger partial charge in [0.2, 0.25) is 0 Å². The van der Waals surface area contributed by atoms with Crippen LogP contribution in [-0.2, 0) is 0 Å². The lowest BCUT2D eigenvalue weighted by Gasteiger charge is -2.13. The van der Waals surface area contributed by atoms with Crippen molar-refractivity contribution in [2.75, 3.05) is 7.11 Å². The number of rotatable bonds is 3. The minimum absolute atomic E-state index is 0.0908. The zero-order chi connectivity index (χ0) is 14.0. The van der Waals surface area contributed by atoms with E-state index in [1.807, 2.05) is 0 Å². The van der Waals surface area contributed by atoms with Crippen LogP contribution in [0, 0.1) is 11.6 Å². The van der Waals surface area contributed by atoms with Gasteiger partial charge in [0.05, 0.1) is 12.1 Å². The fourth-order valence-corrected chi connectivity index (χ4v) is 1.92. The van der Waals surface area contributed by atoms with Gasteiger partial charge in [0.25, 0.3) is 0 Å². The van der Waals surface area contributed by atoms with Crippen LogP contribution in [-0.4, -0.2) is 12.2 Å². The van der Waals surface area contributed by atoms with Crippen molar-refractivity contribution in [1.29, 1.82) is 0 Å². The highest BCUT2D eigenvalue weighted by Crippen LogP contribution is 2.28. The highest BCUT2D eigenvalue weighted by atomic mass is 35.5. The van der Waals surface area contributed by atoms with Gasteiger partial charge >= 0.3 is 0 Å². The second-order valence-corrected chi connectivity index (χ2v) is 4.38. The zero-order valence-corrected chi connectivity index (χ0v) is 10.8. The SMILES string of the molecule is COc1ccc(C(O)c2ccc(F)c(Cl)c2)cc1F. The number of halogens is 3. The van der Waals surface area contributed by atoms with Gasteiger partial charge in [-0.2, -0.15) is 0 Å². The largest absolute Gasteiger partial charge is 0.494 e. The van der Waals surface area contributed by atoms with E-state index in [9.17, 15) is 13.9 Å². The van der Waals surface area contributed by atoms with Crippen molar-refractivity contribution < 1.29 is 18.6 Å². The summed E-state index contributed by atoms with van der Waals surface area (Å²) < 4.78 is 31.4. The molecule has 5 heteroatoms. The molecule has 0 aliphatic rings. The van der Waals surface area contributed by atoms with Crippen molar-refractivity contribution in [2.45, 2.75) is 6.10 Å². The number of ether oxygens (including phenoxy) is 1. The number of hydrogen-bond donors (Lipinski definition) is 1. The van der Waals surface area contributed by atoms with E-state index in [4.69, 9.17) is 16.3 Å². The van der Waals surface area contributed by atoms with Gasteiger partial charge < -0.3 is 9.84 Å². The van der Waals surface area contributed by atoms with Gasteiger partial charge in [-0.15, -0.1) is 0 Å². The quantitative estimate of drug-likeness (QED) is 0.931. The van der Waals surface area contributed by atoms with Crippen molar-refractivity contribution >= 4 is 11.6 Å². The van der Waals surface area contributed by atoms with Crippen molar-refractivity contribution in [3.05, 3.63) is 64.2 Å². The van der Waals surface area contributed by atoms with Crippen molar-refractivity contribution in [3.63, 3.8) is 0 Å². The second kappa shape index (κ2) is 5.55. The monoisotopic (exact) mass is 284 g/mol. The molecule has 0 spiro atoms. The van der Waals surface area contributed by atoms with Crippen LogP contribution in [0.4, 0.5) is 8.78 Å². The highest BCUT2D eigenvalue weighted by molar-refractivity contribution is 6.30. The predicted octanol–water partition coefficient (Wildman–Crippen LogP) is 3.71. The van der Waals surface area contributed by atoms with Gasteiger partial charge in [-0.3, -0.25) is 0 Å². The predicted molar refractivity (Wildman–Crippen MR) is 68.4 cm³/mol. The summed E-state index contributed by atoms with van der Waals surface area (Å²) in [6, 6.07) is 7.97. The number of methoxy groups -OCH3 is 1. The van der Waals surface area contributed by atoms with Gasteiger partial charge in [-0.25, -0.2) is 8.78 Å². The van der Waals surface area contributed by atoms with E-state index < -0.39 is 17.7 Å². The molecular weight excluding hydrogens is 274 g/mol. The summed E-state index contributed by atoms with van der Waals surface area (Å²) in [6.45, 7) is 0. The van der Waals surface area contributed by atoms with E-state index in [1.54, 1.807) is 0 Å². The molecule has 0 radical (unpaired) electrons. The Balaban J connectivity index is 2.35. The Hall–Kier alpha value is -1.65. The molecule has 1 atom stereocenters. The van der Waals surface area contributed by atoms with E-state index in [0.29, 0.717) is 11.1 Å². The maximum absolute atomic E-state index is 13.5. The first kappa shape index (κ1) is 13.8. The van der Waals surface area contributed by atoms with Gasteiger partial charge in [-0.05, 0) is 35.4 Å². The molecule has 0 aliphatic heterocycles. The summed E-state index contributed by atoms with van der Waals surface area (Å²) >= 11 is 5.64. The van der Waals surface area contributed by atoms with E-state index >= 15 is 0 Å². The Morgan fingerprint density at radius 2 is 1.68 bits per heavy atom. The zero-order valence-electron chi connectivity index (χ0n) is 10.0. The van der Waals surface area contributed by atoms with Crippen LogP contribution in [0.3, 0.4) is 0 Å². The topological polar surface area (TPSA) is 29.5 Å². The number of aliphatic hydroxyl groups excluding tert-OH is 1. The average Bonchev–Trinajstić information content (AvgIpc) is 2.41. The first-order valence-corrected chi connectivity index (χ1v) is 5.87. The Kier molecular flexibility index (Phi) is 4.02. The van der Waals surface area contributed by atoms with E-state index in [2.05, 4.69) is 0 Å². The fraction of sp³-hybridized carbons (Fsp3) is 0.143. The molecule has 0 aliphatic carbocycles. The lowest BCUT2D eigenvalue weighted by atomic mass is 10.0. The first-order chi connectivity index (χ1) is 9.02. The molecule has 2 aromatic rings. The van der Waals surface area contributed by atoms with Crippen molar-refractivity contribution in [1.82, 2.24) is 0 Å². The molecule has 2 rings (SSSR count). The molecule has 100 valence electrons. The summed E-state index contributed by atoms with van der Waals surface area (Å²) in [5.41, 5.74) is 0.719. The maximum Gasteiger partial charge on any atom is 0.165 e. The molecule has 1 unspecified atom stereocenters. The van der Waals surface area contributed by atoms with Crippen molar-refractivity contribution in [2.24, 2.45) is 0 Å². The van der Waals surface area contributed by atoms with E-state index in [-0.39, 0.29) is 10.8 Å². The van der Waals surface area contributed by atoms with Crippen molar-refractivity contribution in [3.8, 4) is 5.75 Å². The molecule has 0 amide bonds. The van der Waals surface area contributed by atoms with Crippen LogP contribution in [0.5, 0.6) is 5.75 Å². The minimum Gasteiger partial charge on any atom is -0.494 e. The molecule has 1 N–H and O–H groups in total. The Labute approximate surface area is 114 Å². The molecule has 0 fully saturated rings. The van der Waals surface area contributed by atoms with Crippen LogP contribution in [0.2, 0.25) is 5.02 Å². The summed E-state index contributed by atoms with van der Waals surface area (Å²) in [5.74, 6) is -1.06. The van der Waals surface area contributed by atoms with Crippen LogP contribution in [0.1, 0.15) is 17.2 Å². The molecule has 2 nitrogen and oxygen atoms in total. The Morgan fingerprint density at radius 3 is 2.26 bits per heavy atom. The number of benzene rings is 2. The average molecular weight is 285 g/mol. The molecule has 0 saturated heterocycles. The minimum atomic E-state index is -1.08. The summed E-state index contributed by atoms with van der Waals surface area (Å²) in [6.07, 6.45) is -1.08. The third kappa shape index (κ3) is 2.85. The third-order valence-corrected chi connectivity index (χ3v) is 3.04. The van der Waals surface area contributed by atoms with Gasteiger partial charge in [0.1, 0.15) is 11.9 Å².